The van der Waals surface area contributed by atoms with Gasteiger partial charge in [0.15, 0.2) is 0 Å². The van der Waals surface area contributed by atoms with Crippen molar-refractivity contribution in [3.63, 3.8) is 0 Å². The molecule has 3 rings (SSSR count). The van der Waals surface area contributed by atoms with Crippen LogP contribution in [0.3, 0.4) is 0 Å². The molecule has 0 radical (unpaired) electrons. The Balaban J connectivity index is 1.47. The lowest BCUT2D eigenvalue weighted by Crippen LogP contribution is -2.44. The number of hydrogen-bond donors (Lipinski definition) is 2. The SMILES string of the molecule is NCC1CCC(C(=O)NC2CC3CCC2O3)CC1. The van der Waals surface area contributed by atoms with Crippen LogP contribution < -0.4 is 11.1 Å². The van der Waals surface area contributed by atoms with E-state index in [0.717, 1.165) is 45.1 Å². The van der Waals surface area contributed by atoms with E-state index >= 15 is 0 Å². The Morgan fingerprint density at radius 3 is 2.50 bits per heavy atom. The largest absolute Gasteiger partial charge is 0.373 e. The van der Waals surface area contributed by atoms with Crippen molar-refractivity contribution in [3.05, 3.63) is 0 Å². The van der Waals surface area contributed by atoms with Gasteiger partial charge in [-0.2, -0.15) is 0 Å². The molecule has 1 saturated carbocycles. The molecule has 3 N–H and O–H groups in total. The molecule has 1 amide bonds. The second-order valence-electron chi connectivity index (χ2n) is 6.18. The summed E-state index contributed by atoms with van der Waals surface area (Å²) in [4.78, 5) is 12.2. The van der Waals surface area contributed by atoms with Gasteiger partial charge in [0, 0.05) is 5.92 Å². The first-order valence-corrected chi connectivity index (χ1v) is 7.42. The van der Waals surface area contributed by atoms with Crippen LogP contribution in [0.1, 0.15) is 44.9 Å². The Labute approximate surface area is 109 Å². The molecule has 0 aromatic rings. The Morgan fingerprint density at radius 1 is 1.17 bits per heavy atom. The van der Waals surface area contributed by atoms with E-state index in [1.807, 2.05) is 0 Å². The molecule has 2 heterocycles. The van der Waals surface area contributed by atoms with Crippen LogP contribution in [-0.4, -0.2) is 30.7 Å². The topological polar surface area (TPSA) is 64.4 Å². The molecule has 2 bridgehead atoms. The van der Waals surface area contributed by atoms with E-state index in [1.54, 1.807) is 0 Å². The first kappa shape index (κ1) is 12.4. The third-order valence-electron chi connectivity index (χ3n) is 4.98. The third kappa shape index (κ3) is 2.41. The standard InChI is InChI=1S/C14H24N2O2/c15-8-9-1-3-10(4-2-9)14(17)16-12-7-11-5-6-13(12)18-11/h9-13H,1-8,15H2,(H,16,17). The summed E-state index contributed by atoms with van der Waals surface area (Å²) in [7, 11) is 0. The van der Waals surface area contributed by atoms with Gasteiger partial charge >= 0.3 is 0 Å². The summed E-state index contributed by atoms with van der Waals surface area (Å²) >= 11 is 0. The molecule has 4 nitrogen and oxygen atoms in total. The van der Waals surface area contributed by atoms with E-state index in [4.69, 9.17) is 10.5 Å². The highest BCUT2D eigenvalue weighted by molar-refractivity contribution is 5.79. The maximum absolute atomic E-state index is 12.2. The fourth-order valence-corrected chi connectivity index (χ4v) is 3.75. The number of carbonyl (C=O) groups excluding carboxylic acids is 1. The van der Waals surface area contributed by atoms with E-state index in [2.05, 4.69) is 5.32 Å². The summed E-state index contributed by atoms with van der Waals surface area (Å²) in [5, 5.41) is 3.22. The molecule has 3 unspecified atom stereocenters. The molecule has 2 saturated heterocycles. The van der Waals surface area contributed by atoms with Crippen LogP contribution in [0, 0.1) is 11.8 Å². The second-order valence-corrected chi connectivity index (χ2v) is 6.18. The lowest BCUT2D eigenvalue weighted by Gasteiger charge is -2.29. The second kappa shape index (κ2) is 5.17. The van der Waals surface area contributed by atoms with Crippen molar-refractivity contribution in [2.75, 3.05) is 6.54 Å². The molecule has 0 aromatic carbocycles. The molecule has 3 atom stereocenters. The number of hydrogen-bond acceptors (Lipinski definition) is 3. The number of rotatable bonds is 3. The highest BCUT2D eigenvalue weighted by atomic mass is 16.5. The monoisotopic (exact) mass is 252 g/mol. The first-order chi connectivity index (χ1) is 8.76. The van der Waals surface area contributed by atoms with Crippen LogP contribution in [0.25, 0.3) is 0 Å². The van der Waals surface area contributed by atoms with Crippen molar-refractivity contribution in [2.24, 2.45) is 17.6 Å². The maximum atomic E-state index is 12.2. The zero-order valence-electron chi connectivity index (χ0n) is 10.9. The molecule has 4 heteroatoms. The average molecular weight is 252 g/mol. The summed E-state index contributed by atoms with van der Waals surface area (Å²) in [6.07, 6.45) is 8.27. The predicted molar refractivity (Wildman–Crippen MR) is 68.9 cm³/mol. The summed E-state index contributed by atoms with van der Waals surface area (Å²) in [6.45, 7) is 0.772. The van der Waals surface area contributed by atoms with Crippen LogP contribution in [0.15, 0.2) is 0 Å². The van der Waals surface area contributed by atoms with Gasteiger partial charge in [-0.25, -0.2) is 0 Å². The summed E-state index contributed by atoms with van der Waals surface area (Å²) < 4.78 is 5.78. The van der Waals surface area contributed by atoms with Crippen molar-refractivity contribution < 1.29 is 9.53 Å². The van der Waals surface area contributed by atoms with Crippen LogP contribution in [0.5, 0.6) is 0 Å². The number of carbonyl (C=O) groups is 1. The average Bonchev–Trinajstić information content (AvgIpc) is 3.01. The van der Waals surface area contributed by atoms with Crippen LogP contribution in [-0.2, 0) is 9.53 Å². The smallest absolute Gasteiger partial charge is 0.223 e. The Hall–Kier alpha value is -0.610. The quantitative estimate of drug-likeness (QED) is 0.793. The van der Waals surface area contributed by atoms with E-state index in [-0.39, 0.29) is 17.9 Å². The fraction of sp³-hybridized carbons (Fsp3) is 0.929. The third-order valence-corrected chi connectivity index (χ3v) is 4.98. The molecule has 3 fully saturated rings. The van der Waals surface area contributed by atoms with E-state index in [9.17, 15) is 4.79 Å². The molecule has 0 spiro atoms. The van der Waals surface area contributed by atoms with Crippen LogP contribution in [0.4, 0.5) is 0 Å². The maximum Gasteiger partial charge on any atom is 0.223 e. The Bertz CT molecular complexity index is 313. The van der Waals surface area contributed by atoms with E-state index < -0.39 is 0 Å². The predicted octanol–water partition coefficient (Wildman–Crippen LogP) is 1.19. The normalized spacial score (nSPS) is 43.1. The molecule has 18 heavy (non-hydrogen) atoms. The number of fused-ring (bicyclic) bond motifs is 2. The van der Waals surface area contributed by atoms with Gasteiger partial charge in [0.1, 0.15) is 0 Å². The van der Waals surface area contributed by atoms with Gasteiger partial charge in [-0.1, -0.05) is 0 Å². The van der Waals surface area contributed by atoms with Gasteiger partial charge in [-0.15, -0.1) is 0 Å². The van der Waals surface area contributed by atoms with Crippen LogP contribution >= 0.6 is 0 Å². The van der Waals surface area contributed by atoms with Crippen molar-refractivity contribution in [3.8, 4) is 0 Å². The minimum Gasteiger partial charge on any atom is -0.373 e. The number of ether oxygens (including phenoxy) is 1. The highest BCUT2D eigenvalue weighted by Gasteiger charge is 2.42. The van der Waals surface area contributed by atoms with E-state index in [0.29, 0.717) is 18.1 Å². The van der Waals surface area contributed by atoms with Gasteiger partial charge in [0.2, 0.25) is 5.91 Å². The lowest BCUT2D eigenvalue weighted by molar-refractivity contribution is -0.127. The summed E-state index contributed by atoms with van der Waals surface area (Å²) in [5.74, 6) is 1.11. The number of nitrogens with two attached hydrogens (primary N) is 1. The molecule has 2 aliphatic heterocycles. The van der Waals surface area contributed by atoms with E-state index in [1.165, 1.54) is 6.42 Å². The molecule has 1 aliphatic carbocycles. The summed E-state index contributed by atoms with van der Waals surface area (Å²) in [5.41, 5.74) is 5.68. The number of nitrogens with one attached hydrogen (secondary N) is 1. The zero-order chi connectivity index (χ0) is 12.5. The van der Waals surface area contributed by atoms with Gasteiger partial charge in [-0.05, 0) is 57.4 Å². The summed E-state index contributed by atoms with van der Waals surface area (Å²) in [6, 6.07) is 0.281. The molecule has 3 aliphatic rings. The zero-order valence-corrected chi connectivity index (χ0v) is 10.9. The lowest BCUT2D eigenvalue weighted by atomic mass is 9.81. The van der Waals surface area contributed by atoms with Crippen molar-refractivity contribution in [2.45, 2.75) is 63.2 Å². The van der Waals surface area contributed by atoms with Gasteiger partial charge in [0.05, 0.1) is 18.2 Å². The minimum absolute atomic E-state index is 0.215. The minimum atomic E-state index is 0.215. The Morgan fingerprint density at radius 2 is 1.94 bits per heavy atom. The van der Waals surface area contributed by atoms with Crippen molar-refractivity contribution in [1.29, 1.82) is 0 Å². The van der Waals surface area contributed by atoms with Gasteiger partial charge < -0.3 is 15.8 Å². The van der Waals surface area contributed by atoms with Gasteiger partial charge in [-0.3, -0.25) is 4.79 Å². The number of amides is 1. The molecular weight excluding hydrogens is 228 g/mol. The van der Waals surface area contributed by atoms with Crippen LogP contribution in [0.2, 0.25) is 0 Å². The first-order valence-electron chi connectivity index (χ1n) is 7.42. The molecule has 102 valence electrons. The van der Waals surface area contributed by atoms with Crippen molar-refractivity contribution in [1.82, 2.24) is 5.32 Å². The Kier molecular flexibility index (Phi) is 3.57. The fourth-order valence-electron chi connectivity index (χ4n) is 3.75. The highest BCUT2D eigenvalue weighted by Crippen LogP contribution is 2.35. The molecular formula is C14H24N2O2. The van der Waals surface area contributed by atoms with Gasteiger partial charge in [0.25, 0.3) is 0 Å². The molecule has 0 aromatic heterocycles. The van der Waals surface area contributed by atoms with Crippen molar-refractivity contribution >= 4 is 5.91 Å².